The number of nitrogens with zero attached hydrogens (tertiary/aromatic N) is 3. The third-order valence-corrected chi connectivity index (χ3v) is 5.15. The Hall–Kier alpha value is -2.39. The number of thioether (sulfide) groups is 1. The number of carbonyl (C=O) groups is 2. The molecule has 3 rings (SSSR count). The van der Waals surface area contributed by atoms with Crippen LogP contribution < -0.4 is 0 Å². The molecule has 0 spiro atoms. The SMILES string of the molecule is Cc1cc(-n2c(C)cc(/C=C3\SC(=S)N(CC(=O)O)C3=O)c2C)no1. The van der Waals surface area contributed by atoms with Crippen LogP contribution in [0.25, 0.3) is 11.9 Å². The summed E-state index contributed by atoms with van der Waals surface area (Å²) in [6.07, 6.45) is 1.73. The molecule has 1 aliphatic heterocycles. The zero-order valence-electron chi connectivity index (χ0n) is 13.8. The fourth-order valence-electron chi connectivity index (χ4n) is 2.66. The molecule has 0 atom stereocenters. The summed E-state index contributed by atoms with van der Waals surface area (Å²) in [5, 5.41) is 12.9. The number of carboxylic acids is 1. The number of thiocarbonyl (C=S) groups is 1. The van der Waals surface area contributed by atoms with Crippen LogP contribution in [0.15, 0.2) is 21.6 Å². The largest absolute Gasteiger partial charge is 0.480 e. The first kappa shape index (κ1) is 17.4. The molecule has 1 aliphatic rings. The molecule has 0 saturated carbocycles. The van der Waals surface area contributed by atoms with Gasteiger partial charge in [0.05, 0.1) is 4.91 Å². The minimum Gasteiger partial charge on any atom is -0.480 e. The van der Waals surface area contributed by atoms with Crippen LogP contribution in [0.4, 0.5) is 0 Å². The van der Waals surface area contributed by atoms with Crippen LogP contribution in [0, 0.1) is 20.8 Å². The Kier molecular flexibility index (Phi) is 4.53. The summed E-state index contributed by atoms with van der Waals surface area (Å²) in [6.45, 7) is 5.24. The molecule has 7 nitrogen and oxygen atoms in total. The van der Waals surface area contributed by atoms with E-state index in [-0.39, 0.29) is 10.2 Å². The molecular weight excluding hydrogens is 362 g/mol. The average Bonchev–Trinajstić information content (AvgIpc) is 3.13. The molecule has 2 aromatic heterocycles. The molecule has 0 aromatic carbocycles. The number of carboxylic acid groups (broad SMARTS) is 1. The molecule has 0 radical (unpaired) electrons. The predicted octanol–water partition coefficient (Wildman–Crippen LogP) is 2.68. The smallest absolute Gasteiger partial charge is 0.323 e. The number of aliphatic carboxylic acids is 1. The van der Waals surface area contributed by atoms with Crippen LogP contribution in [-0.4, -0.2) is 42.5 Å². The van der Waals surface area contributed by atoms with Crippen molar-refractivity contribution >= 4 is 46.3 Å². The van der Waals surface area contributed by atoms with Gasteiger partial charge in [-0.25, -0.2) is 0 Å². The maximum atomic E-state index is 12.4. The predicted molar refractivity (Wildman–Crippen MR) is 97.6 cm³/mol. The number of aromatic nitrogens is 2. The van der Waals surface area contributed by atoms with E-state index in [1.54, 1.807) is 6.08 Å². The molecule has 2 aromatic rings. The molecule has 0 unspecified atom stereocenters. The lowest BCUT2D eigenvalue weighted by Gasteiger charge is -2.10. The zero-order valence-corrected chi connectivity index (χ0v) is 15.4. The third kappa shape index (κ3) is 3.24. The Morgan fingerprint density at radius 1 is 1.40 bits per heavy atom. The lowest BCUT2D eigenvalue weighted by molar-refractivity contribution is -0.140. The molecule has 3 heterocycles. The van der Waals surface area contributed by atoms with E-state index in [9.17, 15) is 9.59 Å². The van der Waals surface area contributed by atoms with Crippen molar-refractivity contribution in [2.45, 2.75) is 20.8 Å². The highest BCUT2D eigenvalue weighted by Crippen LogP contribution is 2.33. The first-order valence-electron chi connectivity index (χ1n) is 7.37. The van der Waals surface area contributed by atoms with Gasteiger partial charge in [0.1, 0.15) is 16.6 Å². The number of amides is 1. The van der Waals surface area contributed by atoms with E-state index in [1.807, 2.05) is 37.5 Å². The monoisotopic (exact) mass is 377 g/mol. The Morgan fingerprint density at radius 2 is 2.12 bits per heavy atom. The fraction of sp³-hybridized carbons (Fsp3) is 0.250. The average molecular weight is 377 g/mol. The minimum atomic E-state index is -1.10. The topological polar surface area (TPSA) is 88.6 Å². The van der Waals surface area contributed by atoms with Crippen molar-refractivity contribution in [1.82, 2.24) is 14.6 Å². The third-order valence-electron chi connectivity index (χ3n) is 3.77. The van der Waals surface area contributed by atoms with Crippen LogP contribution in [-0.2, 0) is 9.59 Å². The molecule has 1 N–H and O–H groups in total. The minimum absolute atomic E-state index is 0.250. The van der Waals surface area contributed by atoms with Gasteiger partial charge in [0, 0.05) is 17.5 Å². The van der Waals surface area contributed by atoms with Gasteiger partial charge in [0.15, 0.2) is 5.82 Å². The second kappa shape index (κ2) is 6.49. The van der Waals surface area contributed by atoms with Gasteiger partial charge < -0.3 is 9.63 Å². The summed E-state index contributed by atoms with van der Waals surface area (Å²) in [5.41, 5.74) is 2.68. The molecule has 1 amide bonds. The van der Waals surface area contributed by atoms with Crippen LogP contribution in [0.1, 0.15) is 22.7 Å². The van der Waals surface area contributed by atoms with Crippen molar-refractivity contribution in [2.24, 2.45) is 0 Å². The van der Waals surface area contributed by atoms with Crippen LogP contribution in [0.2, 0.25) is 0 Å². The summed E-state index contributed by atoms with van der Waals surface area (Å²) in [4.78, 5) is 24.8. The van der Waals surface area contributed by atoms with Crippen molar-refractivity contribution in [3.05, 3.63) is 39.7 Å². The molecule has 9 heteroatoms. The van der Waals surface area contributed by atoms with E-state index in [2.05, 4.69) is 5.16 Å². The van der Waals surface area contributed by atoms with Gasteiger partial charge in [-0.05, 0) is 38.5 Å². The molecule has 1 fully saturated rings. The highest BCUT2D eigenvalue weighted by molar-refractivity contribution is 8.26. The maximum absolute atomic E-state index is 12.4. The Balaban J connectivity index is 1.96. The highest BCUT2D eigenvalue weighted by atomic mass is 32.2. The number of rotatable bonds is 4. The fourth-order valence-corrected chi connectivity index (χ4v) is 3.90. The number of hydrogen-bond donors (Lipinski definition) is 1. The summed E-state index contributed by atoms with van der Waals surface area (Å²) in [5.74, 6) is -0.110. The molecule has 0 aliphatic carbocycles. The first-order valence-corrected chi connectivity index (χ1v) is 8.60. The van der Waals surface area contributed by atoms with E-state index in [1.165, 1.54) is 0 Å². The zero-order chi connectivity index (χ0) is 18.3. The molecule has 130 valence electrons. The number of aryl methyl sites for hydroxylation is 2. The quantitative estimate of drug-likeness (QED) is 0.647. The second-order valence-electron chi connectivity index (χ2n) is 5.62. The Morgan fingerprint density at radius 3 is 2.72 bits per heavy atom. The van der Waals surface area contributed by atoms with Gasteiger partial charge in [0.2, 0.25) is 0 Å². The Bertz CT molecular complexity index is 926. The lowest BCUT2D eigenvalue weighted by atomic mass is 10.2. The summed E-state index contributed by atoms with van der Waals surface area (Å²) < 4.78 is 7.31. The van der Waals surface area contributed by atoms with Crippen molar-refractivity contribution in [3.8, 4) is 5.82 Å². The van der Waals surface area contributed by atoms with E-state index >= 15 is 0 Å². The summed E-state index contributed by atoms with van der Waals surface area (Å²) in [6, 6.07) is 3.76. The van der Waals surface area contributed by atoms with E-state index in [4.69, 9.17) is 21.8 Å². The lowest BCUT2D eigenvalue weighted by Crippen LogP contribution is -2.33. The van der Waals surface area contributed by atoms with Crippen molar-refractivity contribution in [2.75, 3.05) is 6.54 Å². The standard InChI is InChI=1S/C16H15N3O4S2/c1-8-4-11(10(3)19(8)13-5-9(2)23-17-13)6-12-15(22)18(7-14(20)21)16(24)25-12/h4-6H,7H2,1-3H3,(H,20,21)/b12-6-. The molecule has 25 heavy (non-hydrogen) atoms. The second-order valence-corrected chi connectivity index (χ2v) is 7.30. The highest BCUT2D eigenvalue weighted by Gasteiger charge is 2.33. The van der Waals surface area contributed by atoms with Gasteiger partial charge in [-0.2, -0.15) is 0 Å². The molecule has 1 saturated heterocycles. The van der Waals surface area contributed by atoms with Gasteiger partial charge in [-0.1, -0.05) is 29.1 Å². The number of hydrogen-bond acceptors (Lipinski definition) is 6. The van der Waals surface area contributed by atoms with Gasteiger partial charge in [-0.15, -0.1) is 0 Å². The summed E-state index contributed by atoms with van der Waals surface area (Å²) >= 11 is 6.21. The van der Waals surface area contributed by atoms with Gasteiger partial charge in [0.25, 0.3) is 5.91 Å². The Labute approximate surface area is 153 Å². The van der Waals surface area contributed by atoms with E-state index in [0.717, 1.165) is 33.6 Å². The van der Waals surface area contributed by atoms with Crippen LogP contribution in [0.3, 0.4) is 0 Å². The van der Waals surface area contributed by atoms with E-state index < -0.39 is 12.5 Å². The maximum Gasteiger partial charge on any atom is 0.323 e. The van der Waals surface area contributed by atoms with Crippen molar-refractivity contribution < 1.29 is 19.2 Å². The van der Waals surface area contributed by atoms with Crippen LogP contribution in [0.5, 0.6) is 0 Å². The van der Waals surface area contributed by atoms with Crippen LogP contribution >= 0.6 is 24.0 Å². The van der Waals surface area contributed by atoms with E-state index in [0.29, 0.717) is 16.5 Å². The van der Waals surface area contributed by atoms with Gasteiger partial charge >= 0.3 is 5.97 Å². The summed E-state index contributed by atoms with van der Waals surface area (Å²) in [7, 11) is 0. The number of carbonyl (C=O) groups excluding carboxylic acids is 1. The first-order chi connectivity index (χ1) is 11.8. The molecule has 0 bridgehead atoms. The molecular formula is C16H15N3O4S2. The normalized spacial score (nSPS) is 16.3. The van der Waals surface area contributed by atoms with Crippen molar-refractivity contribution in [1.29, 1.82) is 0 Å². The van der Waals surface area contributed by atoms with Gasteiger partial charge in [-0.3, -0.25) is 19.1 Å². The van der Waals surface area contributed by atoms with Crippen molar-refractivity contribution in [3.63, 3.8) is 0 Å².